The molecule has 0 saturated carbocycles. The third-order valence-electron chi connectivity index (χ3n) is 6.75. The van der Waals surface area contributed by atoms with Gasteiger partial charge >= 0.3 is 0 Å². The van der Waals surface area contributed by atoms with Gasteiger partial charge in [0.2, 0.25) is 0 Å². The Kier molecular flexibility index (Phi) is 6.69. The minimum atomic E-state index is -0.625. The third-order valence-corrected chi connectivity index (χ3v) is 7.31. The smallest absolute Gasteiger partial charge is 0.255 e. The summed E-state index contributed by atoms with van der Waals surface area (Å²) in [6, 6.07) is 20.7. The summed E-state index contributed by atoms with van der Waals surface area (Å²) < 4.78 is 0. The molecule has 7 heteroatoms. The van der Waals surface area contributed by atoms with E-state index in [1.165, 1.54) is 0 Å². The highest BCUT2D eigenvalue weighted by atomic mass is 35.5. The Morgan fingerprint density at radius 1 is 1.00 bits per heavy atom. The maximum absolute atomic E-state index is 13.7. The molecule has 3 aromatic rings. The van der Waals surface area contributed by atoms with E-state index in [4.69, 9.17) is 23.2 Å². The number of aryl methyl sites for hydroxylation is 1. The SMILES string of the molecule is CC1=C(C(=O)Nc2cccc(C)n2)[C@@H](c2ccc(Cl)cc2Cl)C2=C(C[C@H](c3ccccc3)CC2=O)N1. The summed E-state index contributed by atoms with van der Waals surface area (Å²) >= 11 is 12.8. The Balaban J connectivity index is 1.59. The van der Waals surface area contributed by atoms with Crippen molar-refractivity contribution in [2.75, 3.05) is 5.32 Å². The Morgan fingerprint density at radius 2 is 1.78 bits per heavy atom. The predicted molar refractivity (Wildman–Crippen MR) is 143 cm³/mol. The summed E-state index contributed by atoms with van der Waals surface area (Å²) in [5.74, 6) is -0.454. The maximum Gasteiger partial charge on any atom is 0.255 e. The number of anilines is 1. The van der Waals surface area contributed by atoms with Crippen molar-refractivity contribution in [1.29, 1.82) is 0 Å². The Bertz CT molecular complexity index is 1430. The van der Waals surface area contributed by atoms with E-state index in [-0.39, 0.29) is 17.6 Å². The van der Waals surface area contributed by atoms with Crippen molar-refractivity contribution in [3.05, 3.63) is 116 Å². The third kappa shape index (κ3) is 4.69. The summed E-state index contributed by atoms with van der Waals surface area (Å²) in [5, 5.41) is 7.20. The van der Waals surface area contributed by atoms with E-state index in [1.807, 2.05) is 44.2 Å². The first-order valence-electron chi connectivity index (χ1n) is 11.8. The Hall–Kier alpha value is -3.41. The van der Waals surface area contributed by atoms with Gasteiger partial charge in [0.05, 0.1) is 0 Å². The van der Waals surface area contributed by atoms with Crippen LogP contribution < -0.4 is 10.6 Å². The maximum atomic E-state index is 13.7. The first-order valence-corrected chi connectivity index (χ1v) is 12.6. The van der Waals surface area contributed by atoms with E-state index < -0.39 is 5.92 Å². The molecule has 1 aliphatic carbocycles. The molecule has 182 valence electrons. The molecule has 2 atom stereocenters. The molecule has 0 unspecified atom stereocenters. The molecule has 2 aromatic carbocycles. The van der Waals surface area contributed by atoms with Crippen molar-refractivity contribution in [2.24, 2.45) is 0 Å². The summed E-state index contributed by atoms with van der Waals surface area (Å²) in [4.78, 5) is 31.8. The van der Waals surface area contributed by atoms with Gasteiger partial charge in [-0.05, 0) is 61.6 Å². The van der Waals surface area contributed by atoms with Crippen molar-refractivity contribution in [1.82, 2.24) is 10.3 Å². The highest BCUT2D eigenvalue weighted by Gasteiger charge is 2.41. The minimum Gasteiger partial charge on any atom is -0.362 e. The number of nitrogens with one attached hydrogen (secondary N) is 2. The molecule has 1 aliphatic heterocycles. The molecule has 0 fully saturated rings. The summed E-state index contributed by atoms with van der Waals surface area (Å²) in [6.45, 7) is 3.72. The Labute approximate surface area is 220 Å². The largest absolute Gasteiger partial charge is 0.362 e. The number of pyridine rings is 1. The molecule has 2 heterocycles. The van der Waals surface area contributed by atoms with Gasteiger partial charge in [-0.25, -0.2) is 4.98 Å². The first kappa shape index (κ1) is 24.3. The molecule has 1 amide bonds. The Morgan fingerprint density at radius 3 is 2.50 bits per heavy atom. The molecule has 5 nitrogen and oxygen atoms in total. The van der Waals surface area contributed by atoms with Crippen LogP contribution in [0.1, 0.15) is 48.4 Å². The van der Waals surface area contributed by atoms with Gasteiger partial charge < -0.3 is 10.6 Å². The number of Topliss-reactive ketones (excluding diaryl/α,β-unsaturated/α-hetero) is 1. The van der Waals surface area contributed by atoms with Crippen LogP contribution >= 0.6 is 23.2 Å². The van der Waals surface area contributed by atoms with E-state index >= 15 is 0 Å². The van der Waals surface area contributed by atoms with E-state index in [0.29, 0.717) is 51.1 Å². The van der Waals surface area contributed by atoms with Crippen LogP contribution in [0, 0.1) is 6.92 Å². The van der Waals surface area contributed by atoms with Crippen LogP contribution in [0.4, 0.5) is 5.82 Å². The lowest BCUT2D eigenvalue weighted by atomic mass is 9.71. The van der Waals surface area contributed by atoms with Gasteiger partial charge in [-0.15, -0.1) is 0 Å². The molecule has 0 radical (unpaired) electrons. The van der Waals surface area contributed by atoms with Crippen molar-refractivity contribution < 1.29 is 9.59 Å². The number of carbonyl (C=O) groups is 2. The fraction of sp³-hybridized carbons (Fsp3) is 0.207. The van der Waals surface area contributed by atoms with Crippen LogP contribution in [-0.2, 0) is 9.59 Å². The summed E-state index contributed by atoms with van der Waals surface area (Å²) in [5.41, 5.74) is 5.11. The standard InChI is InChI=1S/C29H25Cl2N3O2/c1-16-7-6-10-25(32-16)34-29(36)26-17(2)33-23-13-19(18-8-4-3-5-9-18)14-24(35)28(23)27(26)21-12-11-20(30)15-22(21)31/h3-12,15,19,27,33H,13-14H2,1-2H3,(H,32,34,36)/t19-,27+/m0/s1. The number of carbonyl (C=O) groups excluding carboxylic acids is 2. The van der Waals surface area contributed by atoms with Gasteiger partial charge in [0, 0.05) is 50.6 Å². The highest BCUT2D eigenvalue weighted by molar-refractivity contribution is 6.35. The summed E-state index contributed by atoms with van der Waals surface area (Å²) in [7, 11) is 0. The van der Waals surface area contributed by atoms with Crippen LogP contribution in [-0.4, -0.2) is 16.7 Å². The molecule has 2 N–H and O–H groups in total. The fourth-order valence-electron chi connectivity index (χ4n) is 5.14. The second-order valence-corrected chi connectivity index (χ2v) is 10.1. The van der Waals surface area contributed by atoms with E-state index in [2.05, 4.69) is 27.8 Å². The molecule has 2 aliphatic rings. The zero-order valence-corrected chi connectivity index (χ0v) is 21.5. The van der Waals surface area contributed by atoms with Gasteiger partial charge in [0.1, 0.15) is 5.82 Å². The number of dihydropyridines is 1. The number of aromatic nitrogens is 1. The lowest BCUT2D eigenvalue weighted by molar-refractivity contribution is -0.116. The van der Waals surface area contributed by atoms with Gasteiger partial charge in [-0.2, -0.15) is 0 Å². The number of rotatable bonds is 4. The topological polar surface area (TPSA) is 71.1 Å². The lowest BCUT2D eigenvalue weighted by Crippen LogP contribution is -2.37. The molecular formula is C29H25Cl2N3O2. The molecular weight excluding hydrogens is 493 g/mol. The van der Waals surface area contributed by atoms with Gasteiger partial charge in [-0.3, -0.25) is 9.59 Å². The monoisotopic (exact) mass is 517 g/mol. The van der Waals surface area contributed by atoms with E-state index in [9.17, 15) is 9.59 Å². The second-order valence-electron chi connectivity index (χ2n) is 9.21. The normalized spacial score (nSPS) is 19.6. The van der Waals surface area contributed by atoms with Crippen LogP contribution in [0.25, 0.3) is 0 Å². The molecule has 0 spiro atoms. The number of nitrogens with zero attached hydrogens (tertiary/aromatic N) is 1. The van der Waals surface area contributed by atoms with Crippen molar-refractivity contribution in [3.63, 3.8) is 0 Å². The van der Waals surface area contributed by atoms with Gasteiger partial charge in [0.15, 0.2) is 5.78 Å². The number of hydrogen-bond acceptors (Lipinski definition) is 4. The van der Waals surface area contributed by atoms with Gasteiger partial charge in [0.25, 0.3) is 5.91 Å². The molecule has 1 aromatic heterocycles. The predicted octanol–water partition coefficient (Wildman–Crippen LogP) is 6.70. The van der Waals surface area contributed by atoms with Crippen molar-refractivity contribution >= 4 is 40.7 Å². The zero-order valence-electron chi connectivity index (χ0n) is 19.9. The highest BCUT2D eigenvalue weighted by Crippen LogP contribution is 2.47. The number of ketones is 1. The number of halogens is 2. The fourth-order valence-corrected chi connectivity index (χ4v) is 5.66. The molecule has 0 bridgehead atoms. The molecule has 0 saturated heterocycles. The number of hydrogen-bond donors (Lipinski definition) is 2. The van der Waals surface area contributed by atoms with Crippen molar-refractivity contribution in [2.45, 2.75) is 38.5 Å². The summed E-state index contributed by atoms with van der Waals surface area (Å²) in [6.07, 6.45) is 1.03. The van der Waals surface area contributed by atoms with Crippen LogP contribution in [0.15, 0.2) is 89.3 Å². The average molecular weight is 518 g/mol. The van der Waals surface area contributed by atoms with E-state index in [0.717, 1.165) is 17.0 Å². The van der Waals surface area contributed by atoms with E-state index in [1.54, 1.807) is 24.3 Å². The molecule has 5 rings (SSSR count). The quantitative estimate of drug-likeness (QED) is 0.404. The number of allylic oxidation sites excluding steroid dienone is 3. The zero-order chi connectivity index (χ0) is 25.4. The second kappa shape index (κ2) is 9.92. The van der Waals surface area contributed by atoms with Crippen molar-refractivity contribution in [3.8, 4) is 0 Å². The number of benzene rings is 2. The van der Waals surface area contributed by atoms with Crippen LogP contribution in [0.2, 0.25) is 10.0 Å². The van der Waals surface area contributed by atoms with Crippen LogP contribution in [0.3, 0.4) is 0 Å². The van der Waals surface area contributed by atoms with Gasteiger partial charge in [-0.1, -0.05) is 65.7 Å². The first-order chi connectivity index (χ1) is 17.3. The minimum absolute atomic E-state index is 0.0000929. The lowest BCUT2D eigenvalue weighted by Gasteiger charge is -2.37. The number of amides is 1. The molecule has 36 heavy (non-hydrogen) atoms. The van der Waals surface area contributed by atoms with Crippen LogP contribution in [0.5, 0.6) is 0 Å². The average Bonchev–Trinajstić information content (AvgIpc) is 2.83.